The Morgan fingerprint density at radius 1 is 0.911 bits per heavy atom. The lowest BCUT2D eigenvalue weighted by molar-refractivity contribution is -0.146. The van der Waals surface area contributed by atoms with Gasteiger partial charge >= 0.3 is 18.3 Å². The number of carbonyl (C=O) groups is 1. The molecule has 6 atom stereocenters. The molecule has 4 nitrogen and oxygen atoms in total. The molecule has 5 unspecified atom stereocenters. The molecule has 2 saturated heterocycles. The highest BCUT2D eigenvalue weighted by Crippen LogP contribution is 2.50. The Kier molecular flexibility index (Phi) is 8.67. The molecule has 1 saturated carbocycles. The number of methoxy groups -OCH3 is 1. The fourth-order valence-corrected chi connectivity index (χ4v) is 8.60. The van der Waals surface area contributed by atoms with Crippen LogP contribution in [0.5, 0.6) is 5.75 Å². The van der Waals surface area contributed by atoms with E-state index in [9.17, 15) is 31.1 Å². The van der Waals surface area contributed by atoms with Gasteiger partial charge < -0.3 is 9.47 Å². The Bertz CT molecular complexity index is 1390. The normalized spacial score (nSPS) is 27.6. The van der Waals surface area contributed by atoms with Crippen molar-refractivity contribution in [1.29, 1.82) is 0 Å². The summed E-state index contributed by atoms with van der Waals surface area (Å²) in [6.45, 7) is 3.54. The zero-order valence-corrected chi connectivity index (χ0v) is 25.9. The first kappa shape index (κ1) is 32.2. The first-order chi connectivity index (χ1) is 21.3. The number of fused-ring (bicyclic) bond motifs is 3. The van der Waals surface area contributed by atoms with E-state index < -0.39 is 29.5 Å². The smallest absolute Gasteiger partial charge is 0.416 e. The van der Waals surface area contributed by atoms with Crippen LogP contribution in [0.3, 0.4) is 0 Å². The van der Waals surface area contributed by atoms with Crippen LogP contribution >= 0.6 is 0 Å². The predicted molar refractivity (Wildman–Crippen MR) is 157 cm³/mol. The van der Waals surface area contributed by atoms with Gasteiger partial charge in [-0.15, -0.1) is 0 Å². The first-order valence-corrected chi connectivity index (χ1v) is 16.2. The summed E-state index contributed by atoms with van der Waals surface area (Å²) in [6.07, 6.45) is -1.70. The second-order valence-electron chi connectivity index (χ2n) is 13.6. The number of esters is 1. The van der Waals surface area contributed by atoms with Gasteiger partial charge in [-0.1, -0.05) is 25.5 Å². The highest BCUT2D eigenvalue weighted by Gasteiger charge is 2.47. The van der Waals surface area contributed by atoms with Gasteiger partial charge in [0.25, 0.3) is 0 Å². The van der Waals surface area contributed by atoms with Crippen molar-refractivity contribution in [3.8, 4) is 5.75 Å². The molecule has 3 aliphatic heterocycles. The fraction of sp³-hybridized carbons (Fsp3) is 0.629. The van der Waals surface area contributed by atoms with E-state index in [1.165, 1.54) is 7.11 Å². The van der Waals surface area contributed by atoms with Crippen LogP contribution in [0.2, 0.25) is 0 Å². The van der Waals surface area contributed by atoms with Crippen LogP contribution in [0, 0.1) is 17.8 Å². The molecule has 246 valence electrons. The SMILES string of the molecule is COC(=O)C(C)C(c1ccc2c(c1)OC(C1CC3CCCC(C1)N3[C@H](C)c1cc(C(F)(F)F)ccc1C(F)(F)F)CC2)C1CC1. The topological polar surface area (TPSA) is 38.8 Å². The van der Waals surface area contributed by atoms with Crippen LogP contribution < -0.4 is 4.74 Å². The molecule has 4 aliphatic rings. The number of benzene rings is 2. The van der Waals surface area contributed by atoms with E-state index in [-0.39, 0.29) is 47.5 Å². The van der Waals surface area contributed by atoms with Crippen LogP contribution in [0.4, 0.5) is 26.3 Å². The van der Waals surface area contributed by atoms with Gasteiger partial charge in [0.2, 0.25) is 0 Å². The largest absolute Gasteiger partial charge is 0.490 e. The highest BCUT2D eigenvalue weighted by atomic mass is 19.4. The number of piperidine rings is 2. The predicted octanol–water partition coefficient (Wildman–Crippen LogP) is 9.11. The molecule has 3 fully saturated rings. The third-order valence-corrected chi connectivity index (χ3v) is 10.9. The quantitative estimate of drug-likeness (QED) is 0.224. The Labute approximate surface area is 260 Å². The molecule has 0 radical (unpaired) electrons. The average molecular weight is 638 g/mol. The van der Waals surface area contributed by atoms with Crippen LogP contribution in [0.25, 0.3) is 0 Å². The lowest BCUT2D eigenvalue weighted by atomic mass is 9.73. The number of alkyl halides is 6. The maximum Gasteiger partial charge on any atom is 0.416 e. The standard InChI is InChI=1S/C35H41F6NO3/c1-19(33(43)44-3)32(22-8-9-22)23-10-7-21-11-14-30(45-31(21)17-23)24-15-26-5-4-6-27(16-24)42(26)20(2)28-18-25(34(36,37)38)12-13-29(28)35(39,40)41/h7,10,12-13,17-20,22,24,26-27,30,32H,4-6,8-9,11,14-16H2,1-3H3/t19?,20-,24?,26?,27?,30?,32?/m1/s1. The zero-order chi connectivity index (χ0) is 32.3. The molecule has 2 aromatic rings. The van der Waals surface area contributed by atoms with Crippen molar-refractivity contribution in [2.45, 2.75) is 114 Å². The van der Waals surface area contributed by atoms with E-state index in [0.717, 1.165) is 74.7 Å². The lowest BCUT2D eigenvalue weighted by Crippen LogP contribution is -2.55. The van der Waals surface area contributed by atoms with Crippen LogP contribution in [0.15, 0.2) is 36.4 Å². The molecule has 6 rings (SSSR count). The van der Waals surface area contributed by atoms with E-state index in [4.69, 9.17) is 9.47 Å². The number of carbonyl (C=O) groups excluding carboxylic acids is 1. The minimum absolute atomic E-state index is 0.0374. The van der Waals surface area contributed by atoms with Crippen molar-refractivity contribution >= 4 is 5.97 Å². The van der Waals surface area contributed by atoms with E-state index >= 15 is 0 Å². The Morgan fingerprint density at radius 2 is 1.60 bits per heavy atom. The summed E-state index contributed by atoms with van der Waals surface area (Å²) >= 11 is 0. The monoisotopic (exact) mass is 637 g/mol. The van der Waals surface area contributed by atoms with E-state index in [1.807, 2.05) is 6.92 Å². The van der Waals surface area contributed by atoms with Crippen molar-refractivity contribution in [1.82, 2.24) is 4.90 Å². The van der Waals surface area contributed by atoms with Gasteiger partial charge in [0, 0.05) is 18.1 Å². The number of halogens is 6. The summed E-state index contributed by atoms with van der Waals surface area (Å²) in [5.74, 6) is 1.05. The zero-order valence-electron chi connectivity index (χ0n) is 25.9. The minimum atomic E-state index is -4.75. The second kappa shape index (κ2) is 12.1. The van der Waals surface area contributed by atoms with Gasteiger partial charge in [-0.2, -0.15) is 26.3 Å². The third-order valence-electron chi connectivity index (χ3n) is 10.9. The van der Waals surface area contributed by atoms with E-state index in [2.05, 4.69) is 23.1 Å². The van der Waals surface area contributed by atoms with Crippen molar-refractivity contribution in [2.75, 3.05) is 7.11 Å². The number of hydrogen-bond acceptors (Lipinski definition) is 4. The molecular formula is C35H41F6NO3. The lowest BCUT2D eigenvalue weighted by Gasteiger charge is -2.53. The highest BCUT2D eigenvalue weighted by molar-refractivity contribution is 5.73. The molecule has 45 heavy (non-hydrogen) atoms. The molecule has 10 heteroatoms. The van der Waals surface area contributed by atoms with Gasteiger partial charge in [0.15, 0.2) is 0 Å². The van der Waals surface area contributed by atoms with Gasteiger partial charge in [-0.3, -0.25) is 9.69 Å². The van der Waals surface area contributed by atoms with E-state index in [0.29, 0.717) is 24.1 Å². The Hall–Kier alpha value is -2.75. The van der Waals surface area contributed by atoms with Crippen molar-refractivity contribution in [2.24, 2.45) is 17.8 Å². The van der Waals surface area contributed by atoms with Crippen molar-refractivity contribution in [3.63, 3.8) is 0 Å². The number of rotatable bonds is 7. The third kappa shape index (κ3) is 6.45. The first-order valence-electron chi connectivity index (χ1n) is 16.2. The Balaban J connectivity index is 1.22. The van der Waals surface area contributed by atoms with Crippen LogP contribution in [-0.4, -0.2) is 36.2 Å². The summed E-state index contributed by atoms with van der Waals surface area (Å²) in [5, 5.41) is 0. The maximum absolute atomic E-state index is 14.0. The average Bonchev–Trinajstić information content (AvgIpc) is 3.83. The fourth-order valence-electron chi connectivity index (χ4n) is 8.60. The molecule has 0 spiro atoms. The number of nitrogens with zero attached hydrogens (tertiary/aromatic N) is 1. The summed E-state index contributed by atoms with van der Waals surface area (Å²) in [4.78, 5) is 14.5. The van der Waals surface area contributed by atoms with Gasteiger partial charge in [-0.05, 0) is 117 Å². The molecule has 1 aliphatic carbocycles. The molecule has 2 aromatic carbocycles. The van der Waals surface area contributed by atoms with Crippen LogP contribution in [-0.2, 0) is 28.3 Å². The molecular weight excluding hydrogens is 596 g/mol. The summed E-state index contributed by atoms with van der Waals surface area (Å²) in [6, 6.07) is 7.22. The second-order valence-corrected chi connectivity index (χ2v) is 13.6. The Morgan fingerprint density at radius 3 is 2.20 bits per heavy atom. The van der Waals surface area contributed by atoms with Crippen LogP contribution in [0.1, 0.15) is 105 Å². The van der Waals surface area contributed by atoms with E-state index in [1.54, 1.807) is 6.92 Å². The summed E-state index contributed by atoms with van der Waals surface area (Å²) < 4.78 is 94.5. The molecule has 0 N–H and O–H groups in total. The molecule has 0 amide bonds. The summed E-state index contributed by atoms with van der Waals surface area (Å²) in [7, 11) is 1.42. The number of ether oxygens (including phenoxy) is 2. The number of aryl methyl sites for hydroxylation is 1. The molecule has 2 bridgehead atoms. The summed E-state index contributed by atoms with van der Waals surface area (Å²) in [5.41, 5.74) is -0.162. The van der Waals surface area contributed by atoms with Gasteiger partial charge in [-0.25, -0.2) is 0 Å². The van der Waals surface area contributed by atoms with Gasteiger partial charge in [0.1, 0.15) is 11.9 Å². The number of hydrogen-bond donors (Lipinski definition) is 0. The van der Waals surface area contributed by atoms with Crippen molar-refractivity contribution in [3.05, 3.63) is 64.2 Å². The minimum Gasteiger partial charge on any atom is -0.490 e. The van der Waals surface area contributed by atoms with Crippen molar-refractivity contribution < 1.29 is 40.6 Å². The van der Waals surface area contributed by atoms with Gasteiger partial charge in [0.05, 0.1) is 24.2 Å². The molecule has 3 heterocycles. The molecule has 0 aromatic heterocycles. The maximum atomic E-state index is 14.0.